The number of carbonyl (C=O) groups excluding carboxylic acids is 1. The lowest BCUT2D eigenvalue weighted by atomic mass is 10.2. The van der Waals surface area contributed by atoms with E-state index in [1.807, 2.05) is 5.38 Å². The zero-order valence-corrected chi connectivity index (χ0v) is 11.1. The van der Waals surface area contributed by atoms with E-state index in [9.17, 15) is 4.79 Å². The molecule has 1 aliphatic rings. The Balaban J connectivity index is 1.60. The normalized spacial score (nSPS) is 14.9. The highest BCUT2D eigenvalue weighted by molar-refractivity contribution is 7.09. The summed E-state index contributed by atoms with van der Waals surface area (Å²) in [5.41, 5.74) is 0.877. The minimum Gasteiger partial charge on any atom is -0.459 e. The second kappa shape index (κ2) is 6.15. The third kappa shape index (κ3) is 4.46. The van der Waals surface area contributed by atoms with Crippen LogP contribution in [-0.4, -0.2) is 11.0 Å². The van der Waals surface area contributed by atoms with Crippen LogP contribution < -0.4 is 0 Å². The smallest absolute Gasteiger partial charge is 0.306 e. The van der Waals surface area contributed by atoms with Gasteiger partial charge in [-0.2, -0.15) is 0 Å². The van der Waals surface area contributed by atoms with Crippen LogP contribution in [-0.2, 0) is 22.6 Å². The molecule has 2 rings (SSSR count). The minimum absolute atomic E-state index is 0.0864. The van der Waals surface area contributed by atoms with Gasteiger partial charge in [0.25, 0.3) is 0 Å². The highest BCUT2D eigenvalue weighted by atomic mass is 32.1. The van der Waals surface area contributed by atoms with Gasteiger partial charge in [-0.3, -0.25) is 4.79 Å². The standard InChI is InChI=1S/C13H19NO2S/c1-2-12-14-11(9-17-12)8-16-13(15)5-3-4-10-6-7-10/h9-10H,2-8H2,1H3. The van der Waals surface area contributed by atoms with Crippen molar-refractivity contribution in [2.45, 2.75) is 52.1 Å². The van der Waals surface area contributed by atoms with Gasteiger partial charge in [0.05, 0.1) is 10.7 Å². The van der Waals surface area contributed by atoms with Crippen molar-refractivity contribution in [3.8, 4) is 0 Å². The summed E-state index contributed by atoms with van der Waals surface area (Å²) in [6.45, 7) is 2.41. The highest BCUT2D eigenvalue weighted by Crippen LogP contribution is 2.33. The van der Waals surface area contributed by atoms with Crippen molar-refractivity contribution in [1.82, 2.24) is 4.98 Å². The number of carbonyl (C=O) groups is 1. The van der Waals surface area contributed by atoms with E-state index in [-0.39, 0.29) is 5.97 Å². The van der Waals surface area contributed by atoms with Gasteiger partial charge in [-0.05, 0) is 25.2 Å². The van der Waals surface area contributed by atoms with E-state index in [0.29, 0.717) is 13.0 Å². The molecule has 0 unspecified atom stereocenters. The Labute approximate surface area is 106 Å². The summed E-state index contributed by atoms with van der Waals surface area (Å²) in [6.07, 6.45) is 6.37. The van der Waals surface area contributed by atoms with Gasteiger partial charge in [-0.1, -0.05) is 19.8 Å². The van der Waals surface area contributed by atoms with Gasteiger partial charge in [-0.25, -0.2) is 4.98 Å². The summed E-state index contributed by atoms with van der Waals surface area (Å²) in [4.78, 5) is 15.8. The highest BCUT2D eigenvalue weighted by Gasteiger charge is 2.20. The lowest BCUT2D eigenvalue weighted by Gasteiger charge is -2.02. The van der Waals surface area contributed by atoms with Crippen molar-refractivity contribution in [3.05, 3.63) is 16.1 Å². The number of aryl methyl sites for hydroxylation is 1. The van der Waals surface area contributed by atoms with Gasteiger partial charge in [0.1, 0.15) is 6.61 Å². The SMILES string of the molecule is CCc1nc(COC(=O)CCCC2CC2)cs1. The molecule has 1 heterocycles. The number of ether oxygens (including phenoxy) is 1. The van der Waals surface area contributed by atoms with Crippen molar-refractivity contribution in [2.75, 3.05) is 0 Å². The molecule has 17 heavy (non-hydrogen) atoms. The molecule has 1 aliphatic carbocycles. The second-order valence-electron chi connectivity index (χ2n) is 4.58. The Kier molecular flexibility index (Phi) is 4.54. The first-order valence-electron chi connectivity index (χ1n) is 6.37. The Hall–Kier alpha value is -0.900. The molecule has 4 heteroatoms. The lowest BCUT2D eigenvalue weighted by Crippen LogP contribution is -2.04. The molecule has 94 valence electrons. The fourth-order valence-electron chi connectivity index (χ4n) is 1.75. The number of nitrogens with zero attached hydrogens (tertiary/aromatic N) is 1. The summed E-state index contributed by atoms with van der Waals surface area (Å²) in [6, 6.07) is 0. The molecule has 3 nitrogen and oxygen atoms in total. The van der Waals surface area contributed by atoms with Crippen molar-refractivity contribution < 1.29 is 9.53 Å². The number of hydrogen-bond acceptors (Lipinski definition) is 4. The van der Waals surface area contributed by atoms with Crippen LogP contribution in [0.25, 0.3) is 0 Å². The number of thiazole rings is 1. The molecule has 0 aromatic carbocycles. The molecule has 1 fully saturated rings. The first-order valence-corrected chi connectivity index (χ1v) is 7.24. The summed E-state index contributed by atoms with van der Waals surface area (Å²) in [7, 11) is 0. The minimum atomic E-state index is -0.0864. The zero-order chi connectivity index (χ0) is 12.1. The largest absolute Gasteiger partial charge is 0.459 e. The van der Waals surface area contributed by atoms with Gasteiger partial charge >= 0.3 is 5.97 Å². The third-order valence-corrected chi connectivity index (χ3v) is 4.01. The topological polar surface area (TPSA) is 39.2 Å². The Morgan fingerprint density at radius 3 is 3.06 bits per heavy atom. The van der Waals surface area contributed by atoms with Gasteiger partial charge in [0.2, 0.25) is 0 Å². The first-order chi connectivity index (χ1) is 8.28. The van der Waals surface area contributed by atoms with Crippen molar-refractivity contribution in [2.24, 2.45) is 5.92 Å². The van der Waals surface area contributed by atoms with Crippen molar-refractivity contribution >= 4 is 17.3 Å². The van der Waals surface area contributed by atoms with Gasteiger partial charge in [0.15, 0.2) is 0 Å². The second-order valence-corrected chi connectivity index (χ2v) is 5.53. The molecule has 0 saturated heterocycles. The molecule has 0 amide bonds. The van der Waals surface area contributed by atoms with E-state index in [1.54, 1.807) is 11.3 Å². The van der Waals surface area contributed by atoms with E-state index in [2.05, 4.69) is 11.9 Å². The Bertz CT molecular complexity index is 371. The van der Waals surface area contributed by atoms with E-state index in [0.717, 1.165) is 29.5 Å². The van der Waals surface area contributed by atoms with Gasteiger partial charge in [0, 0.05) is 11.8 Å². The van der Waals surface area contributed by atoms with Crippen LogP contribution in [0.1, 0.15) is 49.7 Å². The molecule has 0 aliphatic heterocycles. The number of rotatable bonds is 7. The van der Waals surface area contributed by atoms with Crippen LogP contribution in [0.5, 0.6) is 0 Å². The van der Waals surface area contributed by atoms with E-state index >= 15 is 0 Å². The monoisotopic (exact) mass is 253 g/mol. The zero-order valence-electron chi connectivity index (χ0n) is 10.3. The lowest BCUT2D eigenvalue weighted by molar-refractivity contribution is -0.145. The van der Waals surface area contributed by atoms with E-state index < -0.39 is 0 Å². The maximum absolute atomic E-state index is 11.4. The molecular formula is C13H19NO2S. The maximum atomic E-state index is 11.4. The molecule has 0 radical (unpaired) electrons. The predicted octanol–water partition coefficient (Wildman–Crippen LogP) is 3.33. The predicted molar refractivity (Wildman–Crippen MR) is 67.9 cm³/mol. The average molecular weight is 253 g/mol. The molecule has 0 N–H and O–H groups in total. The van der Waals surface area contributed by atoms with Gasteiger partial charge < -0.3 is 4.74 Å². The third-order valence-electron chi connectivity index (χ3n) is 2.97. The van der Waals surface area contributed by atoms with Crippen LogP contribution in [0, 0.1) is 5.92 Å². The van der Waals surface area contributed by atoms with Crippen LogP contribution in [0.2, 0.25) is 0 Å². The number of esters is 1. The molecule has 1 saturated carbocycles. The molecular weight excluding hydrogens is 234 g/mol. The summed E-state index contributed by atoms with van der Waals surface area (Å²) in [5, 5.41) is 3.07. The fourth-order valence-corrected chi connectivity index (χ4v) is 2.48. The molecule has 0 atom stereocenters. The summed E-state index contributed by atoms with van der Waals surface area (Å²) in [5.74, 6) is 0.810. The average Bonchev–Trinajstić information content (AvgIpc) is 3.04. The quantitative estimate of drug-likeness (QED) is 0.700. The van der Waals surface area contributed by atoms with Crippen LogP contribution in [0.15, 0.2) is 5.38 Å². The number of hydrogen-bond donors (Lipinski definition) is 0. The van der Waals surface area contributed by atoms with Crippen molar-refractivity contribution in [3.63, 3.8) is 0 Å². The Morgan fingerprint density at radius 1 is 1.59 bits per heavy atom. The molecule has 0 bridgehead atoms. The van der Waals surface area contributed by atoms with Crippen LogP contribution >= 0.6 is 11.3 Å². The van der Waals surface area contributed by atoms with Crippen LogP contribution in [0.4, 0.5) is 0 Å². The number of aromatic nitrogens is 1. The fraction of sp³-hybridized carbons (Fsp3) is 0.692. The summed E-state index contributed by atoms with van der Waals surface area (Å²) < 4.78 is 5.19. The maximum Gasteiger partial charge on any atom is 0.306 e. The van der Waals surface area contributed by atoms with E-state index in [1.165, 1.54) is 19.3 Å². The first kappa shape index (κ1) is 12.6. The van der Waals surface area contributed by atoms with Crippen LogP contribution in [0.3, 0.4) is 0 Å². The van der Waals surface area contributed by atoms with Crippen molar-refractivity contribution in [1.29, 1.82) is 0 Å². The molecule has 0 spiro atoms. The van der Waals surface area contributed by atoms with Gasteiger partial charge in [-0.15, -0.1) is 11.3 Å². The summed E-state index contributed by atoms with van der Waals surface area (Å²) >= 11 is 1.63. The molecule has 1 aromatic heterocycles. The van der Waals surface area contributed by atoms with E-state index in [4.69, 9.17) is 4.74 Å². The Morgan fingerprint density at radius 2 is 2.41 bits per heavy atom. The molecule has 1 aromatic rings.